The molecule has 1 aliphatic rings. The summed E-state index contributed by atoms with van der Waals surface area (Å²) in [6.07, 6.45) is 4.61. The van der Waals surface area contributed by atoms with Crippen molar-refractivity contribution in [3.05, 3.63) is 17.0 Å². The first kappa shape index (κ1) is 12.8. The van der Waals surface area contributed by atoms with Crippen molar-refractivity contribution >= 4 is 21.7 Å². The average molecular weight is 299 g/mol. The van der Waals surface area contributed by atoms with Gasteiger partial charge in [-0.25, -0.2) is 9.97 Å². The Morgan fingerprint density at radius 3 is 3.06 bits per heavy atom. The van der Waals surface area contributed by atoms with Gasteiger partial charge in [0.05, 0.1) is 4.47 Å². The van der Waals surface area contributed by atoms with Crippen LogP contribution < -0.4 is 5.32 Å². The second-order valence-electron chi connectivity index (χ2n) is 4.84. The summed E-state index contributed by atoms with van der Waals surface area (Å²) in [5.41, 5.74) is 0. The number of nitrogens with zero attached hydrogens (tertiary/aromatic N) is 3. The summed E-state index contributed by atoms with van der Waals surface area (Å²) >= 11 is 3.44. The highest BCUT2D eigenvalue weighted by Gasteiger charge is 2.23. The molecule has 1 aromatic rings. The second-order valence-corrected chi connectivity index (χ2v) is 5.70. The van der Waals surface area contributed by atoms with Crippen molar-refractivity contribution in [3.63, 3.8) is 0 Å². The molecule has 1 unspecified atom stereocenters. The van der Waals surface area contributed by atoms with E-state index < -0.39 is 0 Å². The van der Waals surface area contributed by atoms with Gasteiger partial charge in [-0.2, -0.15) is 0 Å². The van der Waals surface area contributed by atoms with Crippen molar-refractivity contribution < 1.29 is 0 Å². The van der Waals surface area contributed by atoms with E-state index in [1.165, 1.54) is 19.5 Å². The molecule has 0 aliphatic carbocycles. The summed E-state index contributed by atoms with van der Waals surface area (Å²) in [4.78, 5) is 10.7. The quantitative estimate of drug-likeness (QED) is 0.927. The number of hydrogen-bond donors (Lipinski definition) is 1. The van der Waals surface area contributed by atoms with E-state index in [9.17, 15) is 0 Å². The van der Waals surface area contributed by atoms with Crippen molar-refractivity contribution in [1.29, 1.82) is 0 Å². The smallest absolute Gasteiger partial charge is 0.143 e. The Kier molecular flexibility index (Phi) is 4.34. The van der Waals surface area contributed by atoms with Crippen molar-refractivity contribution in [2.45, 2.75) is 26.3 Å². The first-order valence-electron chi connectivity index (χ1n) is 6.10. The van der Waals surface area contributed by atoms with Gasteiger partial charge >= 0.3 is 0 Å². The summed E-state index contributed by atoms with van der Waals surface area (Å²) in [7, 11) is 0. The minimum atomic E-state index is 0.658. The largest absolute Gasteiger partial charge is 0.369 e. The number of nitrogens with one attached hydrogen (secondary N) is 1. The third kappa shape index (κ3) is 3.39. The summed E-state index contributed by atoms with van der Waals surface area (Å²) in [5, 5.41) is 3.39. The molecule has 1 saturated heterocycles. The van der Waals surface area contributed by atoms with Crippen molar-refractivity contribution in [1.82, 2.24) is 14.9 Å². The number of likely N-dealkylation sites (tertiary alicyclic amines) is 1. The molecule has 5 heteroatoms. The predicted octanol–water partition coefficient (Wildman–Crippen LogP) is 2.38. The van der Waals surface area contributed by atoms with Crippen LogP contribution in [0.3, 0.4) is 0 Å². The SMILES string of the molecule is CC(C)N1CCC(CNc2ncncc2Br)C1. The predicted molar refractivity (Wildman–Crippen MR) is 73.0 cm³/mol. The molecule has 0 saturated carbocycles. The first-order valence-corrected chi connectivity index (χ1v) is 6.89. The number of anilines is 1. The molecule has 94 valence electrons. The molecule has 0 bridgehead atoms. The summed E-state index contributed by atoms with van der Waals surface area (Å²) in [6, 6.07) is 0.658. The van der Waals surface area contributed by atoms with Gasteiger partial charge in [0.15, 0.2) is 0 Å². The molecular formula is C12H19BrN4. The zero-order valence-electron chi connectivity index (χ0n) is 10.4. The lowest BCUT2D eigenvalue weighted by atomic mass is 10.1. The van der Waals surface area contributed by atoms with E-state index in [0.717, 1.165) is 22.8 Å². The molecule has 2 rings (SSSR count). The Labute approximate surface area is 111 Å². The van der Waals surface area contributed by atoms with Crippen LogP contribution in [-0.2, 0) is 0 Å². The molecule has 1 aromatic heterocycles. The van der Waals surface area contributed by atoms with Gasteiger partial charge < -0.3 is 10.2 Å². The number of aromatic nitrogens is 2. The average Bonchev–Trinajstić information content (AvgIpc) is 2.77. The molecular weight excluding hydrogens is 280 g/mol. The van der Waals surface area contributed by atoms with Gasteiger partial charge in [0.25, 0.3) is 0 Å². The number of rotatable bonds is 4. The Hall–Kier alpha value is -0.680. The van der Waals surface area contributed by atoms with Crippen LogP contribution in [0.1, 0.15) is 20.3 Å². The highest BCUT2D eigenvalue weighted by atomic mass is 79.9. The van der Waals surface area contributed by atoms with Gasteiger partial charge in [0.2, 0.25) is 0 Å². The second kappa shape index (κ2) is 5.78. The van der Waals surface area contributed by atoms with Gasteiger partial charge in [-0.15, -0.1) is 0 Å². The number of hydrogen-bond acceptors (Lipinski definition) is 4. The fraction of sp³-hybridized carbons (Fsp3) is 0.667. The van der Waals surface area contributed by atoms with E-state index in [0.29, 0.717) is 6.04 Å². The molecule has 0 amide bonds. The topological polar surface area (TPSA) is 41.0 Å². The minimum Gasteiger partial charge on any atom is -0.369 e. The van der Waals surface area contributed by atoms with Crippen LogP contribution in [0.5, 0.6) is 0 Å². The standard InChI is InChI=1S/C12H19BrN4/c1-9(2)17-4-3-10(7-17)5-15-12-11(13)6-14-8-16-12/h6,8-10H,3-5,7H2,1-2H3,(H,14,15,16). The highest BCUT2D eigenvalue weighted by Crippen LogP contribution is 2.21. The minimum absolute atomic E-state index is 0.658. The van der Waals surface area contributed by atoms with Crippen LogP contribution in [0.25, 0.3) is 0 Å². The van der Waals surface area contributed by atoms with E-state index in [1.54, 1.807) is 12.5 Å². The zero-order valence-corrected chi connectivity index (χ0v) is 11.9. The third-order valence-electron chi connectivity index (χ3n) is 3.27. The maximum atomic E-state index is 4.21. The molecule has 4 nitrogen and oxygen atoms in total. The van der Waals surface area contributed by atoms with E-state index in [4.69, 9.17) is 0 Å². The molecule has 2 heterocycles. The molecule has 1 fully saturated rings. The van der Waals surface area contributed by atoms with E-state index in [-0.39, 0.29) is 0 Å². The summed E-state index contributed by atoms with van der Waals surface area (Å²) in [6.45, 7) is 7.91. The normalized spacial score (nSPS) is 21.1. The summed E-state index contributed by atoms with van der Waals surface area (Å²) < 4.78 is 0.929. The van der Waals surface area contributed by atoms with Gasteiger partial charge in [-0.1, -0.05) is 0 Å². The molecule has 17 heavy (non-hydrogen) atoms. The van der Waals surface area contributed by atoms with Crippen LogP contribution in [0.4, 0.5) is 5.82 Å². The van der Waals surface area contributed by atoms with Crippen molar-refractivity contribution in [2.24, 2.45) is 5.92 Å². The Morgan fingerprint density at radius 2 is 2.41 bits per heavy atom. The molecule has 1 aliphatic heterocycles. The van der Waals surface area contributed by atoms with Gasteiger partial charge in [0.1, 0.15) is 12.1 Å². The molecule has 1 atom stereocenters. The summed E-state index contributed by atoms with van der Waals surface area (Å²) in [5.74, 6) is 1.61. The maximum absolute atomic E-state index is 4.21. The van der Waals surface area contributed by atoms with Crippen LogP contribution in [0, 0.1) is 5.92 Å². The lowest BCUT2D eigenvalue weighted by Crippen LogP contribution is -2.29. The Bertz CT molecular complexity index is 369. The van der Waals surface area contributed by atoms with E-state index in [1.807, 2.05) is 0 Å². The first-order chi connectivity index (χ1) is 8.16. The molecule has 1 N–H and O–H groups in total. The fourth-order valence-corrected chi connectivity index (χ4v) is 2.54. The van der Waals surface area contributed by atoms with Gasteiger partial charge in [-0.05, 0) is 48.7 Å². The lowest BCUT2D eigenvalue weighted by Gasteiger charge is -2.20. The van der Waals surface area contributed by atoms with Crippen LogP contribution in [0.15, 0.2) is 17.0 Å². The van der Waals surface area contributed by atoms with E-state index >= 15 is 0 Å². The fourth-order valence-electron chi connectivity index (χ4n) is 2.18. The maximum Gasteiger partial charge on any atom is 0.143 e. The molecule has 0 radical (unpaired) electrons. The molecule has 0 aromatic carbocycles. The zero-order chi connectivity index (χ0) is 12.3. The van der Waals surface area contributed by atoms with Crippen LogP contribution in [0.2, 0.25) is 0 Å². The number of halogens is 1. The molecule has 0 spiro atoms. The van der Waals surface area contributed by atoms with Crippen molar-refractivity contribution in [3.8, 4) is 0 Å². The van der Waals surface area contributed by atoms with E-state index in [2.05, 4.69) is 50.0 Å². The third-order valence-corrected chi connectivity index (χ3v) is 3.85. The van der Waals surface area contributed by atoms with Gasteiger partial charge in [0, 0.05) is 25.3 Å². The van der Waals surface area contributed by atoms with Crippen LogP contribution in [-0.4, -0.2) is 40.5 Å². The van der Waals surface area contributed by atoms with Crippen LogP contribution >= 0.6 is 15.9 Å². The Balaban J connectivity index is 1.82. The lowest BCUT2D eigenvalue weighted by molar-refractivity contribution is 0.266. The van der Waals surface area contributed by atoms with Gasteiger partial charge in [-0.3, -0.25) is 0 Å². The van der Waals surface area contributed by atoms with Crippen molar-refractivity contribution in [2.75, 3.05) is 25.0 Å². The Morgan fingerprint density at radius 1 is 1.59 bits per heavy atom. The highest BCUT2D eigenvalue weighted by molar-refractivity contribution is 9.10. The monoisotopic (exact) mass is 298 g/mol.